The van der Waals surface area contributed by atoms with Gasteiger partial charge in [0.2, 0.25) is 0 Å². The Kier molecular flexibility index (Phi) is 4.45. The minimum absolute atomic E-state index is 0.0275. The summed E-state index contributed by atoms with van der Waals surface area (Å²) < 4.78 is 13.5. The summed E-state index contributed by atoms with van der Waals surface area (Å²) in [4.78, 5) is 23.5. The molecule has 0 atom stereocenters. The fourth-order valence-corrected chi connectivity index (χ4v) is 2.58. The van der Waals surface area contributed by atoms with Gasteiger partial charge in [-0.2, -0.15) is 0 Å². The number of carbonyl (C=O) groups excluding carboxylic acids is 1. The molecule has 6 heteroatoms. The third kappa shape index (κ3) is 3.51. The average Bonchev–Trinajstić information content (AvgIpc) is 2.44. The van der Waals surface area contributed by atoms with Crippen LogP contribution in [0.5, 0.6) is 0 Å². The molecule has 1 fully saturated rings. The van der Waals surface area contributed by atoms with E-state index in [-0.39, 0.29) is 5.69 Å². The summed E-state index contributed by atoms with van der Waals surface area (Å²) in [5.41, 5.74) is -1.23. The van der Waals surface area contributed by atoms with Gasteiger partial charge in [-0.15, -0.1) is 0 Å². The minimum atomic E-state index is -1.26. The molecule has 0 heterocycles. The number of hydrogen-bond acceptors (Lipinski definition) is 2. The summed E-state index contributed by atoms with van der Waals surface area (Å²) in [5, 5.41) is 14.3. The molecule has 114 valence electrons. The smallest absolute Gasteiger partial charge is 0.329 e. The van der Waals surface area contributed by atoms with Crippen molar-refractivity contribution in [1.82, 2.24) is 5.32 Å². The van der Waals surface area contributed by atoms with E-state index in [4.69, 9.17) is 0 Å². The van der Waals surface area contributed by atoms with Crippen LogP contribution < -0.4 is 10.6 Å². The summed E-state index contributed by atoms with van der Waals surface area (Å²) in [5.74, 6) is -1.15. The van der Waals surface area contributed by atoms with Gasteiger partial charge >= 0.3 is 12.0 Å². The highest BCUT2D eigenvalue weighted by atomic mass is 19.1. The molecule has 1 saturated carbocycles. The lowest BCUT2D eigenvalue weighted by Gasteiger charge is -2.36. The largest absolute Gasteiger partial charge is 0.480 e. The van der Waals surface area contributed by atoms with Gasteiger partial charge in [-0.25, -0.2) is 14.0 Å². The molecule has 0 aromatic heterocycles. The van der Waals surface area contributed by atoms with Crippen molar-refractivity contribution in [3.8, 4) is 0 Å². The fourth-order valence-electron chi connectivity index (χ4n) is 2.58. The van der Waals surface area contributed by atoms with Crippen molar-refractivity contribution in [2.45, 2.75) is 38.1 Å². The Labute approximate surface area is 122 Å². The summed E-state index contributed by atoms with van der Waals surface area (Å²) in [6.07, 6.45) is 2.25. The lowest BCUT2D eigenvalue weighted by atomic mass is 9.77. The second-order valence-electron chi connectivity index (χ2n) is 5.63. The third-order valence-corrected chi connectivity index (χ3v) is 4.01. The van der Waals surface area contributed by atoms with Gasteiger partial charge in [0, 0.05) is 0 Å². The Bertz CT molecular complexity index is 539. The molecule has 21 heavy (non-hydrogen) atoms. The number of carboxylic acids is 1. The molecule has 1 aromatic rings. The SMILES string of the molecule is CC1CCC(NC(=O)Nc2ccccc2F)(C(=O)O)CC1. The van der Waals surface area contributed by atoms with Crippen LogP contribution in [-0.2, 0) is 4.79 Å². The van der Waals surface area contributed by atoms with Crippen molar-refractivity contribution in [2.75, 3.05) is 5.32 Å². The molecule has 5 nitrogen and oxygen atoms in total. The second kappa shape index (κ2) is 6.11. The van der Waals surface area contributed by atoms with E-state index < -0.39 is 23.4 Å². The Morgan fingerprint density at radius 1 is 1.29 bits per heavy atom. The molecule has 0 radical (unpaired) electrons. The molecule has 1 aromatic carbocycles. The third-order valence-electron chi connectivity index (χ3n) is 4.01. The summed E-state index contributed by atoms with van der Waals surface area (Å²) in [6, 6.07) is 5.06. The Hall–Kier alpha value is -2.11. The first-order valence-electron chi connectivity index (χ1n) is 7.00. The lowest BCUT2D eigenvalue weighted by molar-refractivity contribution is -0.146. The number of nitrogens with one attached hydrogen (secondary N) is 2. The van der Waals surface area contributed by atoms with E-state index in [1.54, 1.807) is 6.07 Å². The van der Waals surface area contributed by atoms with Crippen LogP contribution in [0.15, 0.2) is 24.3 Å². The lowest BCUT2D eigenvalue weighted by Crippen LogP contribution is -2.57. The van der Waals surface area contributed by atoms with Crippen LogP contribution in [0.25, 0.3) is 0 Å². The zero-order valence-electron chi connectivity index (χ0n) is 11.9. The van der Waals surface area contributed by atoms with Crippen molar-refractivity contribution >= 4 is 17.7 Å². The maximum Gasteiger partial charge on any atom is 0.329 e. The van der Waals surface area contributed by atoms with Crippen LogP contribution in [0, 0.1) is 11.7 Å². The van der Waals surface area contributed by atoms with Crippen molar-refractivity contribution in [3.63, 3.8) is 0 Å². The number of benzene rings is 1. The Morgan fingerprint density at radius 2 is 1.90 bits per heavy atom. The number of urea groups is 1. The van der Waals surface area contributed by atoms with Crippen molar-refractivity contribution in [1.29, 1.82) is 0 Å². The van der Waals surface area contributed by atoms with E-state index in [9.17, 15) is 19.1 Å². The first kappa shape index (κ1) is 15.3. The van der Waals surface area contributed by atoms with E-state index in [1.165, 1.54) is 18.2 Å². The number of amides is 2. The normalized spacial score (nSPS) is 25.1. The van der Waals surface area contributed by atoms with E-state index >= 15 is 0 Å². The van der Waals surface area contributed by atoms with Crippen LogP contribution in [0.3, 0.4) is 0 Å². The highest BCUT2D eigenvalue weighted by Gasteiger charge is 2.42. The number of aliphatic carboxylic acids is 1. The summed E-state index contributed by atoms with van der Waals surface area (Å²) in [7, 11) is 0. The first-order valence-corrected chi connectivity index (χ1v) is 7.00. The molecule has 0 bridgehead atoms. The van der Waals surface area contributed by atoms with Crippen LogP contribution in [0.2, 0.25) is 0 Å². The molecular weight excluding hydrogens is 275 g/mol. The maximum atomic E-state index is 13.5. The van der Waals surface area contributed by atoms with Gasteiger partial charge in [0.25, 0.3) is 0 Å². The number of para-hydroxylation sites is 1. The highest BCUT2D eigenvalue weighted by molar-refractivity contribution is 5.94. The summed E-state index contributed by atoms with van der Waals surface area (Å²) >= 11 is 0. The molecule has 2 rings (SSSR count). The van der Waals surface area contributed by atoms with Crippen LogP contribution in [-0.4, -0.2) is 22.6 Å². The number of anilines is 1. The van der Waals surface area contributed by atoms with Gasteiger partial charge in [0.1, 0.15) is 11.4 Å². The van der Waals surface area contributed by atoms with Crippen LogP contribution in [0.4, 0.5) is 14.9 Å². The number of halogens is 1. The van der Waals surface area contributed by atoms with Gasteiger partial charge in [-0.3, -0.25) is 0 Å². The van der Waals surface area contributed by atoms with Crippen molar-refractivity contribution in [3.05, 3.63) is 30.1 Å². The molecule has 0 unspecified atom stereocenters. The number of carbonyl (C=O) groups is 2. The highest BCUT2D eigenvalue weighted by Crippen LogP contribution is 2.32. The maximum absolute atomic E-state index is 13.5. The van der Waals surface area contributed by atoms with Gasteiger partial charge < -0.3 is 15.7 Å². The van der Waals surface area contributed by atoms with Crippen LogP contribution >= 0.6 is 0 Å². The van der Waals surface area contributed by atoms with Gasteiger partial charge in [-0.05, 0) is 43.7 Å². The number of rotatable bonds is 3. The average molecular weight is 294 g/mol. The standard InChI is InChI=1S/C15H19FN2O3/c1-10-6-8-15(9-7-10,13(19)20)18-14(21)17-12-5-3-2-4-11(12)16/h2-5,10H,6-9H2,1H3,(H,19,20)(H2,17,18,21). The summed E-state index contributed by atoms with van der Waals surface area (Å²) in [6.45, 7) is 2.06. The van der Waals surface area contributed by atoms with E-state index in [0.717, 1.165) is 12.8 Å². The van der Waals surface area contributed by atoms with Gasteiger partial charge in [0.05, 0.1) is 5.69 Å². The quantitative estimate of drug-likeness (QED) is 0.802. The molecule has 0 spiro atoms. The van der Waals surface area contributed by atoms with Crippen molar-refractivity contribution in [2.24, 2.45) is 5.92 Å². The Balaban J connectivity index is 2.06. The van der Waals surface area contributed by atoms with E-state index in [0.29, 0.717) is 18.8 Å². The van der Waals surface area contributed by atoms with E-state index in [1.807, 2.05) is 0 Å². The predicted octanol–water partition coefficient (Wildman–Crippen LogP) is 2.98. The fraction of sp³-hybridized carbons (Fsp3) is 0.467. The predicted molar refractivity (Wildman–Crippen MR) is 76.6 cm³/mol. The van der Waals surface area contributed by atoms with Gasteiger partial charge in [-0.1, -0.05) is 19.1 Å². The molecule has 0 aliphatic heterocycles. The molecule has 0 saturated heterocycles. The monoisotopic (exact) mass is 294 g/mol. The van der Waals surface area contributed by atoms with Gasteiger partial charge in [0.15, 0.2) is 0 Å². The number of carboxylic acid groups (broad SMARTS) is 1. The molecule has 1 aliphatic rings. The molecule has 3 N–H and O–H groups in total. The Morgan fingerprint density at radius 3 is 2.48 bits per heavy atom. The zero-order chi connectivity index (χ0) is 15.5. The van der Waals surface area contributed by atoms with Crippen LogP contribution in [0.1, 0.15) is 32.6 Å². The zero-order valence-corrected chi connectivity index (χ0v) is 11.9. The minimum Gasteiger partial charge on any atom is -0.480 e. The first-order chi connectivity index (χ1) is 9.93. The molecule has 1 aliphatic carbocycles. The van der Waals surface area contributed by atoms with E-state index in [2.05, 4.69) is 17.6 Å². The molecule has 2 amide bonds. The molecular formula is C15H19FN2O3. The van der Waals surface area contributed by atoms with Crippen molar-refractivity contribution < 1.29 is 19.1 Å². The topological polar surface area (TPSA) is 78.4 Å². The second-order valence-corrected chi connectivity index (χ2v) is 5.63. The number of hydrogen-bond donors (Lipinski definition) is 3.